The van der Waals surface area contributed by atoms with Crippen molar-refractivity contribution in [1.82, 2.24) is 19.8 Å². The molecular weight excluding hydrogens is 498 g/mol. The molecule has 6 rings (SSSR count). The van der Waals surface area contributed by atoms with E-state index in [2.05, 4.69) is 10.3 Å². The van der Waals surface area contributed by atoms with Gasteiger partial charge in [0.2, 0.25) is 11.8 Å². The van der Waals surface area contributed by atoms with Crippen LogP contribution in [0.15, 0.2) is 72.8 Å². The van der Waals surface area contributed by atoms with E-state index in [0.29, 0.717) is 17.0 Å². The van der Waals surface area contributed by atoms with Gasteiger partial charge in [0, 0.05) is 6.42 Å². The Morgan fingerprint density at radius 1 is 1.03 bits per heavy atom. The predicted molar refractivity (Wildman–Crippen MR) is 144 cm³/mol. The Labute approximate surface area is 225 Å². The van der Waals surface area contributed by atoms with Crippen LogP contribution < -0.4 is 5.32 Å². The minimum absolute atomic E-state index is 0.0429. The molecule has 2 amide bonds. The van der Waals surface area contributed by atoms with Crippen LogP contribution in [0, 0.1) is 12.7 Å². The summed E-state index contributed by atoms with van der Waals surface area (Å²) in [5.74, 6) is -0.162. The zero-order valence-corrected chi connectivity index (χ0v) is 21.7. The first kappa shape index (κ1) is 25.2. The molecule has 1 aromatic heterocycles. The van der Waals surface area contributed by atoms with Crippen molar-refractivity contribution in [3.05, 3.63) is 101 Å². The number of benzene rings is 3. The molecule has 3 unspecified atom stereocenters. The Bertz CT molecular complexity index is 1530. The van der Waals surface area contributed by atoms with Crippen molar-refractivity contribution >= 4 is 22.8 Å². The second kappa shape index (κ2) is 10.2. The quantitative estimate of drug-likeness (QED) is 0.358. The molecule has 1 saturated carbocycles. The van der Waals surface area contributed by atoms with Gasteiger partial charge in [-0.1, -0.05) is 54.6 Å². The number of nitrogens with one attached hydrogen (secondary N) is 1. The highest BCUT2D eigenvalue weighted by atomic mass is 19.1. The number of aromatic nitrogens is 2. The van der Waals surface area contributed by atoms with Crippen LogP contribution in [0.4, 0.5) is 8.78 Å². The van der Waals surface area contributed by atoms with Gasteiger partial charge in [-0.25, -0.2) is 13.8 Å². The van der Waals surface area contributed by atoms with Gasteiger partial charge in [0.15, 0.2) is 0 Å². The Balaban J connectivity index is 1.25. The van der Waals surface area contributed by atoms with E-state index in [1.807, 2.05) is 67.6 Å². The lowest BCUT2D eigenvalue weighted by Crippen LogP contribution is -2.48. The van der Waals surface area contributed by atoms with Crippen LogP contribution in [0.2, 0.25) is 0 Å². The number of carbonyl (C=O) groups is 2. The highest BCUT2D eigenvalue weighted by Crippen LogP contribution is 2.42. The lowest BCUT2D eigenvalue weighted by Gasteiger charge is -2.27. The van der Waals surface area contributed by atoms with Crippen molar-refractivity contribution in [3.63, 3.8) is 0 Å². The van der Waals surface area contributed by atoms with E-state index in [9.17, 15) is 18.4 Å². The number of halogens is 2. The number of para-hydroxylation sites is 2. The lowest BCUT2D eigenvalue weighted by molar-refractivity contribution is -0.139. The topological polar surface area (TPSA) is 67.2 Å². The number of hydrogen-bond acceptors (Lipinski definition) is 3. The van der Waals surface area contributed by atoms with Crippen LogP contribution >= 0.6 is 0 Å². The number of alkyl halides is 1. The van der Waals surface area contributed by atoms with Gasteiger partial charge in [-0.15, -0.1) is 0 Å². The molecule has 4 aromatic rings. The largest absolute Gasteiger partial charge is 0.343 e. The van der Waals surface area contributed by atoms with Crippen LogP contribution in [0.5, 0.6) is 0 Å². The predicted octanol–water partition coefficient (Wildman–Crippen LogP) is 5.21. The summed E-state index contributed by atoms with van der Waals surface area (Å²) in [6, 6.07) is 20.3. The maximum atomic E-state index is 15.0. The SMILES string of the molecule is Cc1nc2ccccc2n1CC(=O)N1CC(F)CC1C(=O)NC(c1ccccc1)c1ccc(C2CC2)c(F)c1. The van der Waals surface area contributed by atoms with E-state index in [-0.39, 0.29) is 37.2 Å². The molecule has 2 fully saturated rings. The molecule has 1 aliphatic carbocycles. The summed E-state index contributed by atoms with van der Waals surface area (Å²) in [5.41, 5.74) is 3.66. The lowest BCUT2D eigenvalue weighted by atomic mass is 9.96. The third kappa shape index (κ3) is 5.03. The Kier molecular flexibility index (Phi) is 6.62. The molecule has 0 bridgehead atoms. The average molecular weight is 529 g/mol. The van der Waals surface area contributed by atoms with Crippen molar-refractivity contribution in [3.8, 4) is 0 Å². The van der Waals surface area contributed by atoms with Crippen LogP contribution in [-0.4, -0.2) is 45.0 Å². The van der Waals surface area contributed by atoms with Crippen LogP contribution in [0.25, 0.3) is 11.0 Å². The summed E-state index contributed by atoms with van der Waals surface area (Å²) in [6.07, 6.45) is 0.576. The summed E-state index contributed by atoms with van der Waals surface area (Å²) in [6.45, 7) is 1.62. The van der Waals surface area contributed by atoms with Crippen molar-refractivity contribution < 1.29 is 18.4 Å². The number of fused-ring (bicyclic) bond motifs is 1. The molecule has 0 radical (unpaired) electrons. The molecule has 1 N–H and O–H groups in total. The second-order valence-corrected chi connectivity index (χ2v) is 10.5. The third-order valence-electron chi connectivity index (χ3n) is 7.81. The van der Waals surface area contributed by atoms with Crippen molar-refractivity contribution in [1.29, 1.82) is 0 Å². The zero-order valence-electron chi connectivity index (χ0n) is 21.7. The van der Waals surface area contributed by atoms with E-state index < -0.39 is 24.2 Å². The number of aryl methyl sites for hydroxylation is 1. The van der Waals surface area contributed by atoms with Gasteiger partial charge in [0.25, 0.3) is 0 Å². The first-order valence-corrected chi connectivity index (χ1v) is 13.4. The van der Waals surface area contributed by atoms with Crippen LogP contribution in [0.1, 0.15) is 53.7 Å². The molecule has 1 aliphatic heterocycles. The Morgan fingerprint density at radius 3 is 2.51 bits per heavy atom. The first-order valence-electron chi connectivity index (χ1n) is 13.4. The number of imidazole rings is 1. The van der Waals surface area contributed by atoms with E-state index in [4.69, 9.17) is 0 Å². The van der Waals surface area contributed by atoms with Gasteiger partial charge in [-0.3, -0.25) is 9.59 Å². The van der Waals surface area contributed by atoms with Crippen molar-refractivity contribution in [2.75, 3.05) is 6.54 Å². The molecule has 6 nitrogen and oxygen atoms in total. The number of nitrogens with zero attached hydrogens (tertiary/aromatic N) is 3. The Morgan fingerprint density at radius 2 is 1.77 bits per heavy atom. The Hall–Kier alpha value is -4.07. The van der Waals surface area contributed by atoms with Gasteiger partial charge in [-0.05, 0) is 60.6 Å². The average Bonchev–Trinajstić information content (AvgIpc) is 3.63. The molecule has 3 atom stereocenters. The van der Waals surface area contributed by atoms with Crippen molar-refractivity contribution in [2.24, 2.45) is 0 Å². The van der Waals surface area contributed by atoms with E-state index in [0.717, 1.165) is 29.4 Å². The molecule has 2 aliphatic rings. The number of hydrogen-bond donors (Lipinski definition) is 1. The highest BCUT2D eigenvalue weighted by Gasteiger charge is 2.41. The molecule has 3 aromatic carbocycles. The van der Waals surface area contributed by atoms with Gasteiger partial charge in [0.05, 0.1) is 23.6 Å². The standard InChI is InChI=1S/C31H30F2N4O2/c1-19-34-26-9-5-6-10-27(26)36(19)18-29(38)37-17-23(32)16-28(37)31(39)35-30(21-7-3-2-4-8-21)22-13-14-24(20-11-12-20)25(33)15-22/h2-10,13-15,20,23,28,30H,11-12,16-18H2,1H3,(H,35,39). The number of rotatable bonds is 7. The summed E-state index contributed by atoms with van der Waals surface area (Å²) in [5, 5.41) is 3.00. The summed E-state index contributed by atoms with van der Waals surface area (Å²) >= 11 is 0. The molecule has 0 spiro atoms. The fraction of sp³-hybridized carbons (Fsp3) is 0.323. The van der Waals surface area contributed by atoms with Gasteiger partial charge in [0.1, 0.15) is 30.4 Å². The zero-order chi connectivity index (χ0) is 27.1. The van der Waals surface area contributed by atoms with E-state index in [1.165, 1.54) is 11.0 Å². The van der Waals surface area contributed by atoms with Crippen LogP contribution in [0.3, 0.4) is 0 Å². The molecule has 1 saturated heterocycles. The summed E-state index contributed by atoms with van der Waals surface area (Å²) in [7, 11) is 0. The van der Waals surface area contributed by atoms with Crippen molar-refractivity contribution in [2.45, 2.75) is 56.9 Å². The molecular formula is C31H30F2N4O2. The monoisotopic (exact) mass is 528 g/mol. The fourth-order valence-corrected chi connectivity index (χ4v) is 5.62. The molecule has 39 heavy (non-hydrogen) atoms. The molecule has 2 heterocycles. The van der Waals surface area contributed by atoms with Gasteiger partial charge in [-0.2, -0.15) is 0 Å². The first-order chi connectivity index (χ1) is 18.9. The fourth-order valence-electron chi connectivity index (χ4n) is 5.62. The van der Waals surface area contributed by atoms with Gasteiger partial charge < -0.3 is 14.8 Å². The number of carbonyl (C=O) groups excluding carboxylic acids is 2. The highest BCUT2D eigenvalue weighted by molar-refractivity contribution is 5.89. The van der Waals surface area contributed by atoms with Crippen LogP contribution in [-0.2, 0) is 16.1 Å². The molecule has 8 heteroatoms. The molecule has 200 valence electrons. The maximum Gasteiger partial charge on any atom is 0.243 e. The van der Waals surface area contributed by atoms with E-state index in [1.54, 1.807) is 10.6 Å². The summed E-state index contributed by atoms with van der Waals surface area (Å²) < 4.78 is 31.4. The second-order valence-electron chi connectivity index (χ2n) is 10.5. The smallest absolute Gasteiger partial charge is 0.243 e. The van der Waals surface area contributed by atoms with E-state index >= 15 is 0 Å². The maximum absolute atomic E-state index is 15.0. The normalized spacial score (nSPS) is 19.8. The number of amides is 2. The van der Waals surface area contributed by atoms with Gasteiger partial charge >= 0.3 is 0 Å². The third-order valence-corrected chi connectivity index (χ3v) is 7.81. The number of likely N-dealkylation sites (tertiary alicyclic amines) is 1. The summed E-state index contributed by atoms with van der Waals surface area (Å²) in [4.78, 5) is 32.9. The minimum atomic E-state index is -1.31. The minimum Gasteiger partial charge on any atom is -0.343 e.